The second-order valence-electron chi connectivity index (χ2n) is 8.11. The molecule has 0 heterocycles. The summed E-state index contributed by atoms with van der Waals surface area (Å²) in [5.41, 5.74) is 4.11. The molecule has 0 fully saturated rings. The second kappa shape index (κ2) is 9.45. The largest absolute Gasteiger partial charge is 0.493 e. The highest BCUT2D eigenvalue weighted by molar-refractivity contribution is 5.35. The molecule has 0 bridgehead atoms. The van der Waals surface area contributed by atoms with Crippen molar-refractivity contribution in [2.45, 2.75) is 39.0 Å². The van der Waals surface area contributed by atoms with E-state index in [9.17, 15) is 0 Å². The highest BCUT2D eigenvalue weighted by Gasteiger charge is 2.15. The molecule has 0 unspecified atom stereocenters. The van der Waals surface area contributed by atoms with E-state index in [1.54, 1.807) is 0 Å². The molecule has 2 nitrogen and oxygen atoms in total. The maximum absolute atomic E-state index is 5.89. The summed E-state index contributed by atoms with van der Waals surface area (Å²) in [6.45, 7) is 8.14. The van der Waals surface area contributed by atoms with Gasteiger partial charge in [-0.05, 0) is 46.4 Å². The molecule has 0 aliphatic heterocycles. The minimum absolute atomic E-state index is 0.116. The van der Waals surface area contributed by atoms with Crippen molar-refractivity contribution >= 4 is 0 Å². The first-order valence-electron chi connectivity index (χ1n) is 10.00. The van der Waals surface area contributed by atoms with E-state index in [2.05, 4.69) is 39.0 Å². The fourth-order valence-electron chi connectivity index (χ4n) is 3.09. The molecule has 3 aromatic carbocycles. The van der Waals surface area contributed by atoms with Gasteiger partial charge in [-0.25, -0.2) is 0 Å². The number of hydrogen-bond donors (Lipinski definition) is 0. The summed E-state index contributed by atoms with van der Waals surface area (Å²) in [7, 11) is 0. The lowest BCUT2D eigenvalue weighted by Crippen LogP contribution is -2.13. The molecule has 0 spiro atoms. The highest BCUT2D eigenvalue weighted by Crippen LogP contribution is 2.25. The molecule has 0 aliphatic rings. The summed E-state index contributed by atoms with van der Waals surface area (Å²) < 4.78 is 11.8. The zero-order chi connectivity index (χ0) is 19.8. The molecule has 0 aliphatic carbocycles. The second-order valence-corrected chi connectivity index (χ2v) is 8.11. The van der Waals surface area contributed by atoms with Crippen LogP contribution in [0.5, 0.6) is 11.5 Å². The van der Waals surface area contributed by atoms with Crippen LogP contribution in [0, 0.1) is 0 Å². The van der Waals surface area contributed by atoms with Crippen LogP contribution >= 0.6 is 0 Å². The maximum Gasteiger partial charge on any atom is 0.119 e. The lowest BCUT2D eigenvalue weighted by atomic mass is 9.84. The molecule has 0 aromatic heterocycles. The smallest absolute Gasteiger partial charge is 0.119 e. The van der Waals surface area contributed by atoms with Gasteiger partial charge in [0.25, 0.3) is 0 Å². The Balaban J connectivity index is 1.64. The topological polar surface area (TPSA) is 18.5 Å². The Morgan fingerprint density at radius 1 is 0.607 bits per heavy atom. The Bertz CT molecular complexity index is 785. The minimum Gasteiger partial charge on any atom is -0.493 e. The predicted octanol–water partition coefficient (Wildman–Crippen LogP) is 6.23. The van der Waals surface area contributed by atoms with Crippen LogP contribution in [0.15, 0.2) is 78.9 Å². The molecule has 3 aromatic rings. The monoisotopic (exact) mass is 374 g/mol. The molecule has 0 atom stereocenters. The van der Waals surface area contributed by atoms with Crippen molar-refractivity contribution < 1.29 is 9.47 Å². The van der Waals surface area contributed by atoms with Crippen molar-refractivity contribution in [1.29, 1.82) is 0 Å². The zero-order valence-corrected chi connectivity index (χ0v) is 17.2. The van der Waals surface area contributed by atoms with Crippen LogP contribution < -0.4 is 9.47 Å². The fraction of sp³-hybridized carbons (Fsp3) is 0.308. The maximum atomic E-state index is 5.89. The van der Waals surface area contributed by atoms with Gasteiger partial charge in [0.2, 0.25) is 0 Å². The molecule has 0 saturated carbocycles. The van der Waals surface area contributed by atoms with Crippen LogP contribution in [0.1, 0.15) is 37.5 Å². The third kappa shape index (κ3) is 6.16. The first kappa shape index (κ1) is 20.0. The quantitative estimate of drug-likeness (QED) is 0.465. The van der Waals surface area contributed by atoms with Gasteiger partial charge in [-0.1, -0.05) is 75.4 Å². The molecule has 0 amide bonds. The lowest BCUT2D eigenvalue weighted by Gasteiger charge is -2.21. The fourth-order valence-corrected chi connectivity index (χ4v) is 3.09. The van der Waals surface area contributed by atoms with Gasteiger partial charge in [-0.2, -0.15) is 0 Å². The molecule has 2 heteroatoms. The van der Waals surface area contributed by atoms with Crippen molar-refractivity contribution in [3.05, 3.63) is 95.6 Å². The van der Waals surface area contributed by atoms with Gasteiger partial charge in [0.05, 0.1) is 13.2 Å². The summed E-state index contributed by atoms with van der Waals surface area (Å²) >= 11 is 0. The standard InChI is InChI=1S/C26H30O2/c1-26(2,3)23-19-21(14-16-27-24-10-6-4-7-11-24)18-22(20-23)15-17-28-25-12-8-5-9-13-25/h4-13,18-20H,14-17H2,1-3H3. The molecular weight excluding hydrogens is 344 g/mol. The first-order valence-corrected chi connectivity index (χ1v) is 10.00. The Labute approximate surface area is 169 Å². The summed E-state index contributed by atoms with van der Waals surface area (Å²) in [6.07, 6.45) is 1.79. The average Bonchev–Trinajstić information content (AvgIpc) is 2.69. The third-order valence-corrected chi connectivity index (χ3v) is 4.72. The Hall–Kier alpha value is -2.74. The number of benzene rings is 3. The van der Waals surface area contributed by atoms with Gasteiger partial charge in [0.1, 0.15) is 11.5 Å². The molecule has 0 radical (unpaired) electrons. The Morgan fingerprint density at radius 2 is 1.04 bits per heavy atom. The predicted molar refractivity (Wildman–Crippen MR) is 116 cm³/mol. The number of hydrogen-bond acceptors (Lipinski definition) is 2. The van der Waals surface area contributed by atoms with Crippen molar-refractivity contribution in [1.82, 2.24) is 0 Å². The number of ether oxygens (including phenoxy) is 2. The van der Waals surface area contributed by atoms with Gasteiger partial charge < -0.3 is 9.47 Å². The molecule has 0 saturated heterocycles. The van der Waals surface area contributed by atoms with Crippen LogP contribution in [0.4, 0.5) is 0 Å². The van der Waals surface area contributed by atoms with Crippen LogP contribution in [0.2, 0.25) is 0 Å². The van der Waals surface area contributed by atoms with Gasteiger partial charge in [-0.15, -0.1) is 0 Å². The minimum atomic E-state index is 0.116. The van der Waals surface area contributed by atoms with E-state index in [1.807, 2.05) is 60.7 Å². The summed E-state index contributed by atoms with van der Waals surface area (Å²) in [6, 6.07) is 26.9. The van der Waals surface area contributed by atoms with E-state index in [0.717, 1.165) is 24.3 Å². The van der Waals surface area contributed by atoms with E-state index < -0.39 is 0 Å². The zero-order valence-electron chi connectivity index (χ0n) is 17.2. The van der Waals surface area contributed by atoms with Gasteiger partial charge in [0, 0.05) is 12.8 Å². The van der Waals surface area contributed by atoms with E-state index in [4.69, 9.17) is 9.47 Å². The normalized spacial score (nSPS) is 11.2. The van der Waals surface area contributed by atoms with Crippen LogP contribution in [-0.4, -0.2) is 13.2 Å². The molecule has 146 valence electrons. The Morgan fingerprint density at radius 3 is 1.43 bits per heavy atom. The Kier molecular flexibility index (Phi) is 6.76. The van der Waals surface area contributed by atoms with Gasteiger partial charge in [0.15, 0.2) is 0 Å². The van der Waals surface area contributed by atoms with E-state index in [-0.39, 0.29) is 5.41 Å². The van der Waals surface area contributed by atoms with E-state index in [0.29, 0.717) is 13.2 Å². The summed E-state index contributed by atoms with van der Waals surface area (Å²) in [5, 5.41) is 0. The van der Waals surface area contributed by atoms with E-state index >= 15 is 0 Å². The van der Waals surface area contributed by atoms with Gasteiger partial charge >= 0.3 is 0 Å². The van der Waals surface area contributed by atoms with Crippen molar-refractivity contribution in [2.75, 3.05) is 13.2 Å². The molecule has 28 heavy (non-hydrogen) atoms. The van der Waals surface area contributed by atoms with Crippen molar-refractivity contribution in [3.8, 4) is 11.5 Å². The third-order valence-electron chi connectivity index (χ3n) is 4.72. The molecule has 0 N–H and O–H groups in total. The summed E-state index contributed by atoms with van der Waals surface area (Å²) in [4.78, 5) is 0. The average molecular weight is 375 g/mol. The first-order chi connectivity index (χ1) is 13.5. The highest BCUT2D eigenvalue weighted by atomic mass is 16.5. The number of para-hydroxylation sites is 2. The van der Waals surface area contributed by atoms with Crippen molar-refractivity contribution in [3.63, 3.8) is 0 Å². The van der Waals surface area contributed by atoms with Crippen LogP contribution in [0.25, 0.3) is 0 Å². The lowest BCUT2D eigenvalue weighted by molar-refractivity contribution is 0.320. The molecule has 3 rings (SSSR count). The number of rotatable bonds is 8. The SMILES string of the molecule is CC(C)(C)c1cc(CCOc2ccccc2)cc(CCOc2ccccc2)c1. The van der Waals surface area contributed by atoms with Crippen LogP contribution in [-0.2, 0) is 18.3 Å². The van der Waals surface area contributed by atoms with E-state index in [1.165, 1.54) is 16.7 Å². The van der Waals surface area contributed by atoms with Gasteiger partial charge in [-0.3, -0.25) is 0 Å². The van der Waals surface area contributed by atoms with Crippen molar-refractivity contribution in [2.24, 2.45) is 0 Å². The van der Waals surface area contributed by atoms with Crippen LogP contribution in [0.3, 0.4) is 0 Å². The molecular formula is C26H30O2. The summed E-state index contributed by atoms with van der Waals surface area (Å²) in [5.74, 6) is 1.84.